The maximum Gasteiger partial charge on any atom is 0.472 e. The van der Waals surface area contributed by atoms with E-state index in [1.807, 2.05) is 0 Å². The van der Waals surface area contributed by atoms with Gasteiger partial charge in [0.1, 0.15) is 12.7 Å². The number of hydrogen-bond acceptors (Lipinski definition) is 7. The number of carbonyl (C=O) groups excluding carboxylic acids is 2. The highest BCUT2D eigenvalue weighted by molar-refractivity contribution is 7.47. The van der Waals surface area contributed by atoms with Crippen LogP contribution in [0.4, 0.5) is 0 Å². The van der Waals surface area contributed by atoms with Crippen LogP contribution in [0, 0.1) is 0 Å². The maximum absolute atomic E-state index is 12.1. The van der Waals surface area contributed by atoms with E-state index in [1.165, 1.54) is 148 Å². The Labute approximate surface area is 357 Å². The highest BCUT2D eigenvalue weighted by Gasteiger charge is 2.23. The number of esters is 1. The zero-order valence-electron chi connectivity index (χ0n) is 37.8. The van der Waals surface area contributed by atoms with Crippen molar-refractivity contribution in [1.29, 1.82) is 0 Å². The number of aliphatic hydroxyl groups excluding tert-OH is 1. The molecule has 0 heterocycles. The van der Waals surface area contributed by atoms with Gasteiger partial charge >= 0.3 is 13.8 Å². The molecule has 342 valence electrons. The van der Waals surface area contributed by atoms with Crippen molar-refractivity contribution in [3.63, 3.8) is 0 Å². The van der Waals surface area contributed by atoms with Gasteiger partial charge < -0.3 is 20.1 Å². The second kappa shape index (κ2) is 45.0. The predicted molar refractivity (Wildman–Crippen MR) is 243 cm³/mol. The Kier molecular flexibility index (Phi) is 43.9. The van der Waals surface area contributed by atoms with Crippen LogP contribution in [-0.2, 0) is 27.9 Å². The number of phosphoric acid groups is 1. The molecule has 9 nitrogen and oxygen atoms in total. The third-order valence-corrected chi connectivity index (χ3v) is 11.6. The molecule has 0 aliphatic heterocycles. The van der Waals surface area contributed by atoms with E-state index in [1.54, 1.807) is 0 Å². The maximum atomic E-state index is 12.1. The fourth-order valence-electron chi connectivity index (χ4n) is 6.94. The molecule has 0 aromatic heterocycles. The molecule has 2 unspecified atom stereocenters. The summed E-state index contributed by atoms with van der Waals surface area (Å²) in [6, 6.07) is 0. The van der Waals surface area contributed by atoms with E-state index in [-0.39, 0.29) is 32.1 Å². The van der Waals surface area contributed by atoms with Crippen molar-refractivity contribution < 1.29 is 37.9 Å². The van der Waals surface area contributed by atoms with Crippen LogP contribution >= 0.6 is 7.82 Å². The second-order valence-corrected chi connectivity index (χ2v) is 17.9. The van der Waals surface area contributed by atoms with Gasteiger partial charge in [0.25, 0.3) is 0 Å². The molecule has 0 spiro atoms. The molecule has 0 aliphatic carbocycles. The van der Waals surface area contributed by atoms with Crippen LogP contribution in [0.3, 0.4) is 0 Å². The first-order valence-electron chi connectivity index (χ1n) is 24.3. The number of rotatable bonds is 46. The molecule has 0 bridgehead atoms. The molecule has 0 aromatic rings. The van der Waals surface area contributed by atoms with Gasteiger partial charge in [-0.25, -0.2) is 4.57 Å². The molecule has 0 aromatic carbocycles. The standard InChI is InChI=1S/C48H92NO8P/c1-3-5-7-9-11-13-15-17-19-21-22-23-24-25-26-28-30-32-34-36-38-40-47(51)49-42-43-56-58(53,54)57-45-46(50)44-55-48(52)41-39-37-35-33-31-29-27-20-18-16-14-12-10-8-6-4-2/h14,16,20,27,46,50H,3-13,15,17-19,21-26,28-45H2,1-2H3,(H,49,51)(H,53,54)/b16-14-,27-20-. The Morgan fingerprint density at radius 2 is 0.931 bits per heavy atom. The van der Waals surface area contributed by atoms with Crippen LogP contribution in [0.2, 0.25) is 0 Å². The van der Waals surface area contributed by atoms with Crippen LogP contribution in [-0.4, -0.2) is 54.3 Å². The van der Waals surface area contributed by atoms with E-state index in [4.69, 9.17) is 13.8 Å². The number of phosphoric ester groups is 1. The molecule has 0 radical (unpaired) electrons. The first-order valence-corrected chi connectivity index (χ1v) is 25.8. The largest absolute Gasteiger partial charge is 0.472 e. The van der Waals surface area contributed by atoms with Crippen molar-refractivity contribution in [2.75, 3.05) is 26.4 Å². The first-order chi connectivity index (χ1) is 28.3. The van der Waals surface area contributed by atoms with E-state index >= 15 is 0 Å². The van der Waals surface area contributed by atoms with Crippen molar-refractivity contribution in [3.8, 4) is 0 Å². The predicted octanol–water partition coefficient (Wildman–Crippen LogP) is 13.9. The third kappa shape index (κ3) is 45.6. The van der Waals surface area contributed by atoms with E-state index in [0.29, 0.717) is 6.42 Å². The minimum atomic E-state index is -4.42. The lowest BCUT2D eigenvalue weighted by Crippen LogP contribution is -2.27. The zero-order valence-corrected chi connectivity index (χ0v) is 38.6. The number of ether oxygens (including phenoxy) is 1. The highest BCUT2D eigenvalue weighted by atomic mass is 31.2. The number of aliphatic hydroxyl groups is 1. The number of hydrogen-bond donors (Lipinski definition) is 3. The molecule has 0 aliphatic rings. The summed E-state index contributed by atoms with van der Waals surface area (Å²) in [7, 11) is -4.42. The topological polar surface area (TPSA) is 131 Å². The number of amides is 1. The molecule has 0 saturated carbocycles. The molecule has 58 heavy (non-hydrogen) atoms. The van der Waals surface area contributed by atoms with Gasteiger partial charge in [-0.1, -0.05) is 205 Å². The Bertz CT molecular complexity index is 1010. The van der Waals surface area contributed by atoms with Gasteiger partial charge in [0.15, 0.2) is 0 Å². The minimum Gasteiger partial charge on any atom is -0.463 e. The fourth-order valence-corrected chi connectivity index (χ4v) is 7.70. The minimum absolute atomic E-state index is 0.0837. The van der Waals surface area contributed by atoms with Gasteiger partial charge in [0, 0.05) is 19.4 Å². The van der Waals surface area contributed by atoms with Crippen molar-refractivity contribution in [2.45, 2.75) is 245 Å². The zero-order chi connectivity index (χ0) is 42.5. The van der Waals surface area contributed by atoms with Gasteiger partial charge in [-0.2, -0.15) is 0 Å². The molecule has 0 fully saturated rings. The molecule has 0 rings (SSSR count). The van der Waals surface area contributed by atoms with E-state index < -0.39 is 26.5 Å². The molecule has 3 N–H and O–H groups in total. The van der Waals surface area contributed by atoms with Gasteiger partial charge in [-0.05, 0) is 44.9 Å². The van der Waals surface area contributed by atoms with Crippen molar-refractivity contribution in [3.05, 3.63) is 24.3 Å². The van der Waals surface area contributed by atoms with Gasteiger partial charge in [0.2, 0.25) is 5.91 Å². The summed E-state index contributed by atoms with van der Waals surface area (Å²) in [6.45, 7) is 3.56. The Morgan fingerprint density at radius 1 is 0.534 bits per heavy atom. The molecule has 10 heteroatoms. The molecular formula is C48H92NO8P. The quantitative estimate of drug-likeness (QED) is 0.0239. The Hall–Kier alpha value is -1.51. The smallest absolute Gasteiger partial charge is 0.463 e. The van der Waals surface area contributed by atoms with Crippen molar-refractivity contribution in [1.82, 2.24) is 5.32 Å². The average molecular weight is 842 g/mol. The Morgan fingerprint density at radius 3 is 1.40 bits per heavy atom. The fraction of sp³-hybridized carbons (Fsp3) is 0.875. The van der Waals surface area contributed by atoms with Gasteiger partial charge in [-0.3, -0.25) is 18.6 Å². The van der Waals surface area contributed by atoms with Crippen LogP contribution in [0.15, 0.2) is 24.3 Å². The normalized spacial score (nSPS) is 13.4. The summed E-state index contributed by atoms with van der Waals surface area (Å²) in [5, 5.41) is 12.7. The van der Waals surface area contributed by atoms with E-state index in [2.05, 4.69) is 43.5 Å². The average Bonchev–Trinajstić information content (AvgIpc) is 3.21. The summed E-state index contributed by atoms with van der Waals surface area (Å²) in [5.74, 6) is -0.521. The van der Waals surface area contributed by atoms with Crippen LogP contribution < -0.4 is 5.32 Å². The SMILES string of the molecule is CCCCCC/C=C\C/C=C\CCCCCCCC(=O)OCC(O)COP(=O)(O)OCCNC(=O)CCCCCCCCCCCCCCCCCCCCCCC. The summed E-state index contributed by atoms with van der Waals surface area (Å²) >= 11 is 0. The van der Waals surface area contributed by atoms with Crippen molar-refractivity contribution in [2.24, 2.45) is 0 Å². The Balaban J connectivity index is 3.55. The summed E-state index contributed by atoms with van der Waals surface area (Å²) in [4.78, 5) is 34.0. The summed E-state index contributed by atoms with van der Waals surface area (Å²) in [5.41, 5.74) is 0. The first kappa shape index (κ1) is 56.5. The van der Waals surface area contributed by atoms with Crippen LogP contribution in [0.25, 0.3) is 0 Å². The molecule has 1 amide bonds. The third-order valence-electron chi connectivity index (χ3n) is 10.6. The lowest BCUT2D eigenvalue weighted by atomic mass is 10.0. The number of unbranched alkanes of at least 4 members (excludes halogenated alkanes) is 29. The number of allylic oxidation sites excluding steroid dienone is 4. The van der Waals surface area contributed by atoms with Crippen molar-refractivity contribution >= 4 is 19.7 Å². The molecule has 2 atom stereocenters. The number of nitrogens with one attached hydrogen (secondary N) is 1. The summed E-state index contributed by atoms with van der Waals surface area (Å²) in [6.07, 6.45) is 49.7. The van der Waals surface area contributed by atoms with Crippen LogP contribution in [0.5, 0.6) is 0 Å². The van der Waals surface area contributed by atoms with E-state index in [0.717, 1.165) is 64.2 Å². The van der Waals surface area contributed by atoms with Gasteiger partial charge in [0.05, 0.1) is 13.2 Å². The monoisotopic (exact) mass is 842 g/mol. The number of carbonyl (C=O) groups is 2. The summed E-state index contributed by atoms with van der Waals surface area (Å²) < 4.78 is 26.9. The molecular weight excluding hydrogens is 750 g/mol. The highest BCUT2D eigenvalue weighted by Crippen LogP contribution is 2.42. The van der Waals surface area contributed by atoms with E-state index in [9.17, 15) is 24.2 Å². The lowest BCUT2D eigenvalue weighted by Gasteiger charge is -2.15. The second-order valence-electron chi connectivity index (χ2n) is 16.4. The van der Waals surface area contributed by atoms with Gasteiger partial charge in [-0.15, -0.1) is 0 Å². The molecule has 0 saturated heterocycles. The lowest BCUT2D eigenvalue weighted by molar-refractivity contribution is -0.147. The van der Waals surface area contributed by atoms with Crippen LogP contribution in [0.1, 0.15) is 239 Å².